The Hall–Kier alpha value is -1.46. The molecule has 0 amide bonds. The molecule has 0 fully saturated rings. The number of hydrogen-bond donors (Lipinski definition) is 1. The summed E-state index contributed by atoms with van der Waals surface area (Å²) in [7, 11) is 1.69. The summed E-state index contributed by atoms with van der Waals surface area (Å²) < 4.78 is 5.39. The molecular weight excluding hydrogens is 198 g/mol. The summed E-state index contributed by atoms with van der Waals surface area (Å²) >= 11 is 0. The van der Waals surface area contributed by atoms with Crippen LogP contribution in [0.5, 0.6) is 5.75 Å². The molecule has 0 aliphatic heterocycles. The second-order valence-corrected chi connectivity index (χ2v) is 3.76. The Kier molecular flexibility index (Phi) is 4.88. The molecule has 1 rings (SSSR count). The first-order valence-corrected chi connectivity index (χ1v) is 5.54. The fourth-order valence-electron chi connectivity index (χ4n) is 1.76. The lowest BCUT2D eigenvalue weighted by Crippen LogP contribution is -2.21. The smallest absolute Gasteiger partial charge is 0.123 e. The Morgan fingerprint density at radius 3 is 2.81 bits per heavy atom. The van der Waals surface area contributed by atoms with E-state index in [1.807, 2.05) is 6.07 Å². The average Bonchev–Trinajstić information content (AvgIpc) is 2.28. The molecule has 1 unspecified atom stereocenters. The van der Waals surface area contributed by atoms with Crippen LogP contribution in [0.25, 0.3) is 0 Å². The number of ether oxygens (including phenoxy) is 1. The predicted octanol–water partition coefficient (Wildman–Crippen LogP) is 2.68. The largest absolute Gasteiger partial charge is 0.496 e. The van der Waals surface area contributed by atoms with Crippen LogP contribution in [0.1, 0.15) is 30.5 Å². The summed E-state index contributed by atoms with van der Waals surface area (Å²) in [5.74, 6) is 3.60. The standard InChI is InChI=1S/C14H19NO/c1-5-7-13(15-6-2)12-9-8-11(3)10-14(12)16-4/h1,8-10,13,15H,6-7H2,2-4H3. The molecule has 0 saturated carbocycles. The average molecular weight is 217 g/mol. The molecule has 1 N–H and O–H groups in total. The molecule has 0 saturated heterocycles. The number of aryl methyl sites for hydroxylation is 1. The molecule has 0 spiro atoms. The normalized spacial score (nSPS) is 11.9. The zero-order valence-electron chi connectivity index (χ0n) is 10.2. The van der Waals surface area contributed by atoms with Gasteiger partial charge < -0.3 is 10.1 Å². The molecule has 0 aliphatic carbocycles. The third kappa shape index (κ3) is 3.01. The molecule has 2 nitrogen and oxygen atoms in total. The minimum Gasteiger partial charge on any atom is -0.496 e. The second kappa shape index (κ2) is 6.19. The third-order valence-electron chi connectivity index (χ3n) is 2.54. The summed E-state index contributed by atoms with van der Waals surface area (Å²) in [5.41, 5.74) is 2.32. The Morgan fingerprint density at radius 2 is 2.25 bits per heavy atom. The first-order valence-electron chi connectivity index (χ1n) is 5.54. The van der Waals surface area contributed by atoms with E-state index in [4.69, 9.17) is 11.2 Å². The van der Waals surface area contributed by atoms with Gasteiger partial charge in [0.2, 0.25) is 0 Å². The van der Waals surface area contributed by atoms with Crippen LogP contribution in [-0.4, -0.2) is 13.7 Å². The summed E-state index contributed by atoms with van der Waals surface area (Å²) in [4.78, 5) is 0. The monoisotopic (exact) mass is 217 g/mol. The summed E-state index contributed by atoms with van der Waals surface area (Å²) in [5, 5.41) is 3.37. The molecule has 0 aromatic heterocycles. The van der Waals surface area contributed by atoms with Gasteiger partial charge in [-0.1, -0.05) is 19.1 Å². The van der Waals surface area contributed by atoms with Crippen LogP contribution < -0.4 is 10.1 Å². The van der Waals surface area contributed by atoms with Gasteiger partial charge in [-0.2, -0.15) is 0 Å². The van der Waals surface area contributed by atoms with Crippen LogP contribution in [0.3, 0.4) is 0 Å². The van der Waals surface area contributed by atoms with Crippen LogP contribution in [0.15, 0.2) is 18.2 Å². The van der Waals surface area contributed by atoms with Crippen molar-refractivity contribution in [3.63, 3.8) is 0 Å². The quantitative estimate of drug-likeness (QED) is 0.766. The Balaban J connectivity index is 3.03. The molecular formula is C14H19NO. The molecule has 0 heterocycles. The Morgan fingerprint density at radius 1 is 1.50 bits per heavy atom. The maximum absolute atomic E-state index is 5.39. The first kappa shape index (κ1) is 12.6. The van der Waals surface area contributed by atoms with Crippen LogP contribution >= 0.6 is 0 Å². The molecule has 1 aromatic rings. The van der Waals surface area contributed by atoms with Crippen molar-refractivity contribution in [2.45, 2.75) is 26.3 Å². The van der Waals surface area contributed by atoms with Gasteiger partial charge in [-0.05, 0) is 25.1 Å². The number of rotatable bonds is 5. The Bertz CT molecular complexity index is 379. The number of hydrogen-bond acceptors (Lipinski definition) is 2. The van der Waals surface area contributed by atoms with Gasteiger partial charge in [0, 0.05) is 18.0 Å². The van der Waals surface area contributed by atoms with Gasteiger partial charge >= 0.3 is 0 Å². The van der Waals surface area contributed by atoms with Crippen molar-refractivity contribution in [3.05, 3.63) is 29.3 Å². The van der Waals surface area contributed by atoms with Crippen LogP contribution in [0.4, 0.5) is 0 Å². The maximum Gasteiger partial charge on any atom is 0.123 e. The first-order chi connectivity index (χ1) is 7.72. The van der Waals surface area contributed by atoms with Crippen molar-refractivity contribution < 1.29 is 4.74 Å². The second-order valence-electron chi connectivity index (χ2n) is 3.76. The van der Waals surface area contributed by atoms with Gasteiger partial charge in [-0.3, -0.25) is 0 Å². The van der Waals surface area contributed by atoms with Crippen LogP contribution in [0, 0.1) is 19.3 Å². The van der Waals surface area contributed by atoms with Crippen molar-refractivity contribution in [2.75, 3.05) is 13.7 Å². The molecule has 1 aromatic carbocycles. The number of benzene rings is 1. The topological polar surface area (TPSA) is 21.3 Å². The van der Waals surface area contributed by atoms with Crippen molar-refractivity contribution in [3.8, 4) is 18.1 Å². The van der Waals surface area contributed by atoms with Gasteiger partial charge in [-0.15, -0.1) is 12.3 Å². The molecule has 1 atom stereocenters. The minimum absolute atomic E-state index is 0.172. The van der Waals surface area contributed by atoms with Crippen molar-refractivity contribution in [2.24, 2.45) is 0 Å². The molecule has 0 radical (unpaired) electrons. The lowest BCUT2D eigenvalue weighted by atomic mass is 10.0. The van der Waals surface area contributed by atoms with Gasteiger partial charge in [0.15, 0.2) is 0 Å². The van der Waals surface area contributed by atoms with E-state index in [0.717, 1.165) is 17.9 Å². The highest BCUT2D eigenvalue weighted by Gasteiger charge is 2.13. The molecule has 0 aliphatic rings. The van der Waals surface area contributed by atoms with E-state index in [0.29, 0.717) is 6.42 Å². The zero-order chi connectivity index (χ0) is 12.0. The van der Waals surface area contributed by atoms with E-state index in [-0.39, 0.29) is 6.04 Å². The highest BCUT2D eigenvalue weighted by atomic mass is 16.5. The lowest BCUT2D eigenvalue weighted by Gasteiger charge is -2.19. The molecule has 2 heteroatoms. The minimum atomic E-state index is 0.172. The third-order valence-corrected chi connectivity index (χ3v) is 2.54. The highest BCUT2D eigenvalue weighted by Crippen LogP contribution is 2.27. The van der Waals surface area contributed by atoms with Crippen LogP contribution in [-0.2, 0) is 0 Å². The van der Waals surface area contributed by atoms with E-state index < -0.39 is 0 Å². The SMILES string of the molecule is C#CCC(NCC)c1ccc(C)cc1OC. The van der Waals surface area contributed by atoms with Gasteiger partial charge in [0.05, 0.1) is 7.11 Å². The molecule has 16 heavy (non-hydrogen) atoms. The molecule has 0 bridgehead atoms. The van der Waals surface area contributed by atoms with E-state index in [1.54, 1.807) is 7.11 Å². The van der Waals surface area contributed by atoms with Gasteiger partial charge in [0.1, 0.15) is 5.75 Å². The van der Waals surface area contributed by atoms with Gasteiger partial charge in [-0.25, -0.2) is 0 Å². The van der Waals surface area contributed by atoms with E-state index in [1.165, 1.54) is 5.56 Å². The van der Waals surface area contributed by atoms with Gasteiger partial charge in [0.25, 0.3) is 0 Å². The van der Waals surface area contributed by atoms with Crippen LogP contribution in [0.2, 0.25) is 0 Å². The van der Waals surface area contributed by atoms with Crippen molar-refractivity contribution >= 4 is 0 Å². The molecule has 86 valence electrons. The highest BCUT2D eigenvalue weighted by molar-refractivity contribution is 5.39. The van der Waals surface area contributed by atoms with E-state index >= 15 is 0 Å². The van der Waals surface area contributed by atoms with E-state index in [2.05, 4.69) is 37.2 Å². The Labute approximate surface area is 98.0 Å². The fourth-order valence-corrected chi connectivity index (χ4v) is 1.76. The van der Waals surface area contributed by atoms with Crippen molar-refractivity contribution in [1.82, 2.24) is 5.32 Å². The summed E-state index contributed by atoms with van der Waals surface area (Å²) in [6, 6.07) is 6.37. The number of methoxy groups -OCH3 is 1. The summed E-state index contributed by atoms with van der Waals surface area (Å²) in [6.45, 7) is 5.02. The number of terminal acetylenes is 1. The lowest BCUT2D eigenvalue weighted by molar-refractivity contribution is 0.400. The van der Waals surface area contributed by atoms with Crippen molar-refractivity contribution in [1.29, 1.82) is 0 Å². The fraction of sp³-hybridized carbons (Fsp3) is 0.429. The summed E-state index contributed by atoms with van der Waals surface area (Å²) in [6.07, 6.45) is 6.06. The zero-order valence-corrected chi connectivity index (χ0v) is 10.2. The van der Waals surface area contributed by atoms with E-state index in [9.17, 15) is 0 Å². The number of nitrogens with one attached hydrogen (secondary N) is 1. The maximum atomic E-state index is 5.39. The predicted molar refractivity (Wildman–Crippen MR) is 67.6 cm³/mol.